The number of hydrogen-bond donors (Lipinski definition) is 3. The van der Waals surface area contributed by atoms with E-state index >= 15 is 0 Å². The van der Waals surface area contributed by atoms with Crippen molar-refractivity contribution in [2.24, 2.45) is 0 Å². The van der Waals surface area contributed by atoms with Crippen LogP contribution in [0.5, 0.6) is 0 Å². The lowest BCUT2D eigenvalue weighted by Gasteiger charge is -2.09. The summed E-state index contributed by atoms with van der Waals surface area (Å²) in [6.07, 6.45) is 3.27. The number of nitrogens with one attached hydrogen (secondary N) is 3. The summed E-state index contributed by atoms with van der Waals surface area (Å²) >= 11 is 1.58. The maximum absolute atomic E-state index is 12.6. The van der Waals surface area contributed by atoms with Crippen LogP contribution in [-0.4, -0.2) is 32.5 Å². The van der Waals surface area contributed by atoms with Gasteiger partial charge in [0, 0.05) is 12.6 Å². The van der Waals surface area contributed by atoms with Crippen molar-refractivity contribution in [1.29, 1.82) is 0 Å². The standard InChI is InChI=1S/C16H20N4O2S2/c21-24(22,13-4-2-1-3-5-13)20-15-14(11-6-7-11)23-16(19-15)18-12-8-9-17-10-12/h1-5,11-12,17,20H,6-10H2,(H,18,19)/t12-/m0/s1. The second-order valence-electron chi connectivity index (χ2n) is 6.26. The first kappa shape index (κ1) is 15.9. The highest BCUT2D eigenvalue weighted by Crippen LogP contribution is 2.47. The van der Waals surface area contributed by atoms with Crippen LogP contribution in [-0.2, 0) is 10.0 Å². The van der Waals surface area contributed by atoms with E-state index in [1.54, 1.807) is 41.7 Å². The van der Waals surface area contributed by atoms with Crippen molar-refractivity contribution in [2.75, 3.05) is 23.1 Å². The van der Waals surface area contributed by atoms with Crippen molar-refractivity contribution in [3.8, 4) is 0 Å². The Morgan fingerprint density at radius 3 is 2.62 bits per heavy atom. The van der Waals surface area contributed by atoms with Gasteiger partial charge in [0.1, 0.15) is 0 Å². The first-order valence-corrected chi connectivity index (χ1v) is 10.5. The minimum atomic E-state index is -3.60. The van der Waals surface area contributed by atoms with Crippen LogP contribution >= 0.6 is 11.3 Å². The molecule has 2 aromatic rings. The van der Waals surface area contributed by atoms with Crippen molar-refractivity contribution in [3.63, 3.8) is 0 Å². The number of hydrogen-bond acceptors (Lipinski definition) is 6. The molecule has 1 aromatic heterocycles. The topological polar surface area (TPSA) is 83.1 Å². The number of aromatic nitrogens is 1. The van der Waals surface area contributed by atoms with Crippen LogP contribution in [0.4, 0.5) is 10.9 Å². The number of thiazole rings is 1. The monoisotopic (exact) mass is 364 g/mol. The molecule has 0 spiro atoms. The SMILES string of the molecule is O=S(=O)(Nc1nc(N[C@H]2CCNC2)sc1C1CC1)c1ccccc1. The number of benzene rings is 1. The van der Waals surface area contributed by atoms with Gasteiger partial charge in [-0.1, -0.05) is 29.5 Å². The molecule has 0 bridgehead atoms. The molecule has 0 unspecified atom stereocenters. The summed E-state index contributed by atoms with van der Waals surface area (Å²) in [6, 6.07) is 8.79. The molecule has 24 heavy (non-hydrogen) atoms. The molecular weight excluding hydrogens is 344 g/mol. The third-order valence-corrected chi connectivity index (χ3v) is 6.78. The summed E-state index contributed by atoms with van der Waals surface area (Å²) in [7, 11) is -3.60. The highest BCUT2D eigenvalue weighted by Gasteiger charge is 2.31. The van der Waals surface area contributed by atoms with E-state index in [0.29, 0.717) is 17.8 Å². The fourth-order valence-electron chi connectivity index (χ4n) is 2.83. The third-order valence-electron chi connectivity index (χ3n) is 4.27. The van der Waals surface area contributed by atoms with E-state index in [0.717, 1.165) is 42.4 Å². The maximum Gasteiger partial charge on any atom is 0.263 e. The summed E-state index contributed by atoms with van der Waals surface area (Å²) in [5, 5.41) is 7.53. The Kier molecular flexibility index (Phi) is 4.19. The Hall–Kier alpha value is -1.64. The lowest BCUT2D eigenvalue weighted by Crippen LogP contribution is -2.22. The molecule has 1 saturated carbocycles. The van der Waals surface area contributed by atoms with Crippen molar-refractivity contribution >= 4 is 32.3 Å². The fraction of sp³-hybridized carbons (Fsp3) is 0.438. The predicted molar refractivity (Wildman–Crippen MR) is 96.2 cm³/mol. The third kappa shape index (κ3) is 3.40. The van der Waals surface area contributed by atoms with Crippen LogP contribution in [0.1, 0.15) is 30.1 Å². The molecule has 1 aliphatic heterocycles. The Labute approximate surface area is 145 Å². The van der Waals surface area contributed by atoms with Crippen LogP contribution < -0.4 is 15.4 Å². The van der Waals surface area contributed by atoms with Gasteiger partial charge in [-0.05, 0) is 43.9 Å². The second kappa shape index (κ2) is 6.34. The average Bonchev–Trinajstić information content (AvgIpc) is 3.16. The quantitative estimate of drug-likeness (QED) is 0.734. The van der Waals surface area contributed by atoms with E-state index < -0.39 is 10.0 Å². The van der Waals surface area contributed by atoms with Crippen molar-refractivity contribution in [1.82, 2.24) is 10.3 Å². The van der Waals surface area contributed by atoms with Gasteiger partial charge in [0.05, 0.1) is 9.77 Å². The number of anilines is 2. The molecule has 1 aliphatic carbocycles. The second-order valence-corrected chi connectivity index (χ2v) is 8.97. The molecule has 8 heteroatoms. The van der Waals surface area contributed by atoms with Gasteiger partial charge in [0.25, 0.3) is 10.0 Å². The minimum absolute atomic E-state index is 0.259. The van der Waals surface area contributed by atoms with Crippen molar-refractivity contribution in [2.45, 2.75) is 36.1 Å². The zero-order chi connectivity index (χ0) is 16.6. The summed E-state index contributed by atoms with van der Waals surface area (Å²) in [6.45, 7) is 1.93. The van der Waals surface area contributed by atoms with Crippen LogP contribution in [0.2, 0.25) is 0 Å². The Balaban J connectivity index is 1.58. The summed E-state index contributed by atoms with van der Waals surface area (Å²) in [4.78, 5) is 5.84. The molecule has 2 fully saturated rings. The van der Waals surface area contributed by atoms with E-state index in [2.05, 4.69) is 20.3 Å². The van der Waals surface area contributed by atoms with Crippen LogP contribution in [0, 0.1) is 0 Å². The summed E-state index contributed by atoms with van der Waals surface area (Å²) < 4.78 is 27.8. The van der Waals surface area contributed by atoms with E-state index in [-0.39, 0.29) is 4.90 Å². The van der Waals surface area contributed by atoms with Gasteiger partial charge in [0.2, 0.25) is 0 Å². The number of rotatable bonds is 6. The maximum atomic E-state index is 12.6. The van der Waals surface area contributed by atoms with Gasteiger partial charge < -0.3 is 10.6 Å². The summed E-state index contributed by atoms with van der Waals surface area (Å²) in [5.74, 6) is 0.924. The molecule has 128 valence electrons. The molecule has 3 N–H and O–H groups in total. The van der Waals surface area contributed by atoms with Gasteiger partial charge in [0.15, 0.2) is 10.9 Å². The van der Waals surface area contributed by atoms with Crippen LogP contribution in [0.3, 0.4) is 0 Å². The predicted octanol–water partition coefficient (Wildman–Crippen LogP) is 2.60. The lowest BCUT2D eigenvalue weighted by molar-refractivity contribution is 0.601. The number of sulfonamides is 1. The highest BCUT2D eigenvalue weighted by molar-refractivity contribution is 7.92. The highest BCUT2D eigenvalue weighted by atomic mass is 32.2. The normalized spacial score (nSPS) is 20.9. The Bertz CT molecular complexity index is 810. The number of nitrogens with zero attached hydrogens (tertiary/aromatic N) is 1. The molecule has 0 radical (unpaired) electrons. The smallest absolute Gasteiger partial charge is 0.263 e. The zero-order valence-electron chi connectivity index (χ0n) is 13.2. The first-order valence-electron chi connectivity index (χ1n) is 8.18. The van der Waals surface area contributed by atoms with Crippen molar-refractivity contribution in [3.05, 3.63) is 35.2 Å². The summed E-state index contributed by atoms with van der Waals surface area (Å²) in [5.41, 5.74) is 0. The van der Waals surface area contributed by atoms with Gasteiger partial charge in [-0.25, -0.2) is 13.4 Å². The van der Waals surface area contributed by atoms with Gasteiger partial charge in [-0.15, -0.1) is 0 Å². The van der Waals surface area contributed by atoms with Gasteiger partial charge in [-0.2, -0.15) is 0 Å². The average molecular weight is 364 g/mol. The molecule has 2 aliphatic rings. The molecule has 2 heterocycles. The fourth-order valence-corrected chi connectivity index (χ4v) is 5.10. The molecule has 0 amide bonds. The molecule has 6 nitrogen and oxygen atoms in total. The largest absolute Gasteiger partial charge is 0.357 e. The molecule has 1 aromatic carbocycles. The van der Waals surface area contributed by atoms with E-state index in [4.69, 9.17) is 0 Å². The molecule has 4 rings (SSSR count). The van der Waals surface area contributed by atoms with E-state index in [9.17, 15) is 8.42 Å². The lowest BCUT2D eigenvalue weighted by atomic mass is 10.3. The minimum Gasteiger partial charge on any atom is -0.357 e. The van der Waals surface area contributed by atoms with Crippen molar-refractivity contribution < 1.29 is 8.42 Å². The Morgan fingerprint density at radius 2 is 1.96 bits per heavy atom. The zero-order valence-corrected chi connectivity index (χ0v) is 14.8. The first-order chi connectivity index (χ1) is 11.6. The van der Waals surface area contributed by atoms with Gasteiger partial charge in [-0.3, -0.25) is 4.72 Å². The molecule has 1 saturated heterocycles. The Morgan fingerprint density at radius 1 is 1.17 bits per heavy atom. The van der Waals surface area contributed by atoms with Crippen LogP contribution in [0.25, 0.3) is 0 Å². The van der Waals surface area contributed by atoms with E-state index in [1.165, 1.54) is 0 Å². The van der Waals surface area contributed by atoms with Crippen LogP contribution in [0.15, 0.2) is 35.2 Å². The van der Waals surface area contributed by atoms with E-state index in [1.807, 2.05) is 0 Å². The molecule has 1 atom stereocenters. The van der Waals surface area contributed by atoms with Gasteiger partial charge >= 0.3 is 0 Å². The molecular formula is C16H20N4O2S2.